The monoisotopic (exact) mass is 100.0 g/mol. The fourth-order valence-corrected chi connectivity index (χ4v) is 0. The Morgan fingerprint density at radius 1 is 1.25 bits per heavy atom. The van der Waals surface area contributed by atoms with Gasteiger partial charge in [0.05, 0.1) is 0 Å². The van der Waals surface area contributed by atoms with E-state index in [4.69, 9.17) is 11.0 Å². The Kier molecular flexibility index (Phi) is 20.8. The second-order valence-electron chi connectivity index (χ2n) is 0.192. The summed E-state index contributed by atoms with van der Waals surface area (Å²) in [7, 11) is -0.250. The molecule has 0 rings (SSSR count). The summed E-state index contributed by atoms with van der Waals surface area (Å²) in [6.07, 6.45) is 0. The number of nitrogens with two attached hydrogens (primary N) is 2. The maximum atomic E-state index is 4.71. The quantitative estimate of drug-likeness (QED) is 0.306. The van der Waals surface area contributed by atoms with Crippen molar-refractivity contribution in [2.75, 3.05) is 0 Å². The number of hydrogen-bond acceptors (Lipinski definition) is 2. The predicted molar refractivity (Wildman–Crippen MR) is 18.1 cm³/mol. The van der Waals surface area contributed by atoms with E-state index in [2.05, 4.69) is 0 Å². The highest BCUT2D eigenvalue weighted by atomic mass is 35.5. The fraction of sp³-hybridized carbons (Fsp3) is 0. The van der Waals surface area contributed by atoms with Crippen LogP contribution < -0.4 is 23.4 Å². The molecule has 0 heterocycles. The standard InChI is InChI=1S/ClH.H5N2P/c;1-3-2/h1H;3H,1-2H2. The first-order chi connectivity index (χ1) is 1.41. The Hall–Kier alpha value is 0.640. The lowest BCUT2D eigenvalue weighted by Gasteiger charge is -1.46. The van der Waals surface area contributed by atoms with Crippen molar-refractivity contribution < 1.29 is 12.4 Å². The van der Waals surface area contributed by atoms with Crippen LogP contribution in [0.4, 0.5) is 0 Å². The smallest absolute Gasteiger partial charge is 0.114 e. The molecule has 0 aromatic heterocycles. The molecular weight excluding hydrogens is 94.4 g/mol. The molecular formula is H6ClN2P. The van der Waals surface area contributed by atoms with Crippen LogP contribution in [0, 0.1) is 0 Å². The van der Waals surface area contributed by atoms with Crippen LogP contribution in [0.5, 0.6) is 0 Å². The summed E-state index contributed by atoms with van der Waals surface area (Å²) < 4.78 is 0. The van der Waals surface area contributed by atoms with Crippen molar-refractivity contribution in [2.24, 2.45) is 11.0 Å². The molecule has 4 N–H and O–H groups in total. The highest BCUT2D eigenvalue weighted by molar-refractivity contribution is 7.32. The summed E-state index contributed by atoms with van der Waals surface area (Å²) in [5, 5.41) is 0. The predicted octanol–water partition coefficient (Wildman–Crippen LogP) is -3.85. The van der Waals surface area contributed by atoms with Crippen molar-refractivity contribution in [2.45, 2.75) is 0 Å². The van der Waals surface area contributed by atoms with E-state index in [0.29, 0.717) is 0 Å². The first-order valence-electron chi connectivity index (χ1n) is 0.667. The minimum absolute atomic E-state index is 0. The fourth-order valence-electron chi connectivity index (χ4n) is 0. The first kappa shape index (κ1) is 8.82. The second kappa shape index (κ2) is 9.43. The molecule has 0 radical (unpaired) electrons. The van der Waals surface area contributed by atoms with Gasteiger partial charge in [-0.3, -0.25) is 0 Å². The average molecular weight is 100 g/mol. The molecule has 0 aliphatic rings. The van der Waals surface area contributed by atoms with Gasteiger partial charge in [0.15, 0.2) is 0 Å². The summed E-state index contributed by atoms with van der Waals surface area (Å²) >= 11 is 0. The van der Waals surface area contributed by atoms with E-state index in [1.54, 1.807) is 0 Å². The van der Waals surface area contributed by atoms with Crippen LogP contribution in [0.1, 0.15) is 0 Å². The van der Waals surface area contributed by atoms with Gasteiger partial charge in [0.25, 0.3) is 0 Å². The number of halogens is 1. The van der Waals surface area contributed by atoms with Gasteiger partial charge in [-0.1, -0.05) is 0 Å². The Morgan fingerprint density at radius 2 is 1.25 bits per heavy atom. The maximum Gasteiger partial charge on any atom is 0.114 e. The molecule has 4 heteroatoms. The zero-order valence-electron chi connectivity index (χ0n) is 2.11. The molecule has 0 amide bonds. The van der Waals surface area contributed by atoms with Gasteiger partial charge in [0.2, 0.25) is 0 Å². The van der Waals surface area contributed by atoms with E-state index < -0.39 is 0 Å². The normalized spacial score (nSPS) is 4.50. The van der Waals surface area contributed by atoms with Crippen molar-refractivity contribution >= 4 is 8.88 Å². The minimum Gasteiger partial charge on any atom is -1.00 e. The molecule has 4 heavy (non-hydrogen) atoms. The van der Waals surface area contributed by atoms with Crippen molar-refractivity contribution in [1.29, 1.82) is 0 Å². The molecule has 0 aliphatic heterocycles. The third kappa shape index (κ3) is 17.3. The molecule has 0 aromatic rings. The molecule has 0 unspecified atom stereocenters. The minimum atomic E-state index is -0.250. The molecule has 0 saturated heterocycles. The molecule has 28 valence electrons. The van der Waals surface area contributed by atoms with Crippen molar-refractivity contribution in [3.8, 4) is 0 Å². The van der Waals surface area contributed by atoms with Gasteiger partial charge in [-0.15, -0.1) is 0 Å². The lowest BCUT2D eigenvalue weighted by Crippen LogP contribution is -3.00. The largest absolute Gasteiger partial charge is 1.00 e. The van der Waals surface area contributed by atoms with Gasteiger partial charge >= 0.3 is 0 Å². The van der Waals surface area contributed by atoms with E-state index in [1.807, 2.05) is 0 Å². The topological polar surface area (TPSA) is 52.0 Å². The van der Waals surface area contributed by atoms with Crippen molar-refractivity contribution in [3.05, 3.63) is 0 Å². The number of rotatable bonds is 0. The number of hydrogen-bond donors (Lipinski definition) is 2. The Balaban J connectivity index is 0. The molecule has 0 fully saturated rings. The summed E-state index contributed by atoms with van der Waals surface area (Å²) in [6.45, 7) is 0. The Bertz CT molecular complexity index is 6.00. The molecule has 0 atom stereocenters. The average Bonchev–Trinajstić information content (AvgIpc) is 0.918. The van der Waals surface area contributed by atoms with E-state index in [1.165, 1.54) is 0 Å². The van der Waals surface area contributed by atoms with Crippen LogP contribution in [0.2, 0.25) is 0 Å². The summed E-state index contributed by atoms with van der Waals surface area (Å²) in [4.78, 5) is 0. The molecule has 0 aliphatic carbocycles. The molecule has 2 nitrogen and oxygen atoms in total. The van der Waals surface area contributed by atoms with E-state index in [9.17, 15) is 0 Å². The maximum absolute atomic E-state index is 4.71. The van der Waals surface area contributed by atoms with E-state index in [-0.39, 0.29) is 21.3 Å². The SMILES string of the molecule is N[PH2+]N.[Cl-]. The highest BCUT2D eigenvalue weighted by Gasteiger charge is 1.38. The van der Waals surface area contributed by atoms with Gasteiger partial charge in [0.1, 0.15) is 8.88 Å². The van der Waals surface area contributed by atoms with Crippen LogP contribution in [-0.4, -0.2) is 0 Å². The van der Waals surface area contributed by atoms with Gasteiger partial charge < -0.3 is 12.4 Å². The van der Waals surface area contributed by atoms with Gasteiger partial charge in [-0.05, 0) is 0 Å². The van der Waals surface area contributed by atoms with Crippen LogP contribution in [-0.2, 0) is 0 Å². The third-order valence-electron chi connectivity index (χ3n) is 0. The van der Waals surface area contributed by atoms with E-state index >= 15 is 0 Å². The van der Waals surface area contributed by atoms with Crippen LogP contribution in [0.15, 0.2) is 0 Å². The van der Waals surface area contributed by atoms with Crippen LogP contribution in [0.3, 0.4) is 0 Å². The van der Waals surface area contributed by atoms with Crippen molar-refractivity contribution in [3.63, 3.8) is 0 Å². The van der Waals surface area contributed by atoms with Crippen LogP contribution >= 0.6 is 8.88 Å². The first-order valence-corrected chi connectivity index (χ1v) is 2.00. The van der Waals surface area contributed by atoms with Crippen LogP contribution in [0.25, 0.3) is 0 Å². The van der Waals surface area contributed by atoms with Gasteiger partial charge in [-0.2, -0.15) is 11.0 Å². The Morgan fingerprint density at radius 3 is 1.25 bits per heavy atom. The summed E-state index contributed by atoms with van der Waals surface area (Å²) in [5.41, 5.74) is 9.42. The molecule has 0 saturated carbocycles. The lowest BCUT2D eigenvalue weighted by molar-refractivity contribution is -0.000000886. The summed E-state index contributed by atoms with van der Waals surface area (Å²) in [6, 6.07) is 0. The molecule has 0 aromatic carbocycles. The highest BCUT2D eigenvalue weighted by Crippen LogP contribution is 1.62. The summed E-state index contributed by atoms with van der Waals surface area (Å²) in [5.74, 6) is 0. The molecule has 0 spiro atoms. The van der Waals surface area contributed by atoms with Crippen molar-refractivity contribution in [1.82, 2.24) is 0 Å². The molecule has 0 bridgehead atoms. The zero-order chi connectivity index (χ0) is 2.71. The van der Waals surface area contributed by atoms with Gasteiger partial charge in [0, 0.05) is 0 Å². The third-order valence-corrected chi connectivity index (χ3v) is 0. The zero-order valence-corrected chi connectivity index (χ0v) is 4.02. The van der Waals surface area contributed by atoms with Gasteiger partial charge in [-0.25, -0.2) is 0 Å². The lowest BCUT2D eigenvalue weighted by atomic mass is 13.9. The van der Waals surface area contributed by atoms with E-state index in [0.717, 1.165) is 0 Å². The second-order valence-corrected chi connectivity index (χ2v) is 0.577. The Labute approximate surface area is 33.2 Å².